The number of fused-ring (bicyclic) bond motifs is 1. The summed E-state index contributed by atoms with van der Waals surface area (Å²) in [5.41, 5.74) is 4.10. The minimum absolute atomic E-state index is 0.0516. The molecule has 1 saturated heterocycles. The number of aromatic nitrogens is 1. The lowest BCUT2D eigenvalue weighted by Crippen LogP contribution is -2.24. The molecule has 2 aromatic carbocycles. The Hall–Kier alpha value is -1.62. The van der Waals surface area contributed by atoms with Crippen LogP contribution in [0.3, 0.4) is 0 Å². The van der Waals surface area contributed by atoms with Gasteiger partial charge in [0, 0.05) is 50.8 Å². The van der Waals surface area contributed by atoms with Crippen LogP contribution in [-0.2, 0) is 17.6 Å². The maximum absolute atomic E-state index is 13.3. The Morgan fingerprint density at radius 1 is 1.11 bits per heavy atom. The fourth-order valence-electron chi connectivity index (χ4n) is 3.78. The van der Waals surface area contributed by atoms with Crippen molar-refractivity contribution in [1.29, 1.82) is 0 Å². The number of ketones is 1. The first-order valence-corrected chi connectivity index (χ1v) is 10.5. The van der Waals surface area contributed by atoms with E-state index in [0.29, 0.717) is 13.2 Å². The number of aromatic amines is 1. The fraction of sp³-hybridized carbons (Fsp3) is 0.318. The zero-order chi connectivity index (χ0) is 18.8. The maximum Gasteiger partial charge on any atom is 0.168 e. The number of nitrogens with one attached hydrogen (secondary N) is 1. The SMILES string of the molecule is O=C(c1c(CCc2ccc(Cl)cc2)[nH]c2cc(Br)ccc12)C1CCOCC1. The number of rotatable bonds is 5. The average Bonchev–Trinajstić information content (AvgIpc) is 3.05. The maximum atomic E-state index is 13.3. The van der Waals surface area contributed by atoms with Crippen LogP contribution in [0.2, 0.25) is 5.02 Å². The van der Waals surface area contributed by atoms with Crippen LogP contribution in [0.25, 0.3) is 10.9 Å². The number of hydrogen-bond donors (Lipinski definition) is 1. The van der Waals surface area contributed by atoms with E-state index in [1.54, 1.807) is 0 Å². The lowest BCUT2D eigenvalue weighted by atomic mass is 9.88. The molecule has 1 fully saturated rings. The van der Waals surface area contributed by atoms with Gasteiger partial charge in [0.2, 0.25) is 0 Å². The van der Waals surface area contributed by atoms with E-state index in [0.717, 1.165) is 57.3 Å². The van der Waals surface area contributed by atoms with Crippen LogP contribution in [0, 0.1) is 5.92 Å². The van der Waals surface area contributed by atoms with Crippen LogP contribution in [0.4, 0.5) is 0 Å². The molecule has 0 saturated carbocycles. The van der Waals surface area contributed by atoms with E-state index in [1.165, 1.54) is 5.56 Å². The summed E-state index contributed by atoms with van der Waals surface area (Å²) in [6.07, 6.45) is 3.26. The smallest absolute Gasteiger partial charge is 0.168 e. The van der Waals surface area contributed by atoms with Gasteiger partial charge in [-0.15, -0.1) is 0 Å². The molecule has 1 N–H and O–H groups in total. The second-order valence-corrected chi connectivity index (χ2v) is 8.40. The Labute approximate surface area is 172 Å². The van der Waals surface area contributed by atoms with Crippen molar-refractivity contribution in [3.05, 3.63) is 68.8 Å². The predicted molar refractivity (Wildman–Crippen MR) is 113 cm³/mol. The standard InChI is InChI=1S/C22H21BrClNO2/c23-16-4-7-18-20(13-16)25-19(8-3-14-1-5-17(24)6-2-14)21(18)22(26)15-9-11-27-12-10-15/h1-2,4-7,13,15,25H,3,8-12H2. The van der Waals surface area contributed by atoms with E-state index in [-0.39, 0.29) is 11.7 Å². The molecule has 0 bridgehead atoms. The summed E-state index contributed by atoms with van der Waals surface area (Å²) in [6.45, 7) is 1.34. The number of Topliss-reactive ketones (excluding diaryl/α,β-unsaturated/α-hetero) is 1. The third kappa shape index (κ3) is 4.13. The number of aryl methyl sites for hydroxylation is 2. The predicted octanol–water partition coefficient (Wildman–Crippen LogP) is 5.98. The topological polar surface area (TPSA) is 42.1 Å². The minimum Gasteiger partial charge on any atom is -0.381 e. The first kappa shape index (κ1) is 18.7. The van der Waals surface area contributed by atoms with Gasteiger partial charge >= 0.3 is 0 Å². The average molecular weight is 447 g/mol. The molecule has 4 rings (SSSR count). The van der Waals surface area contributed by atoms with Gasteiger partial charge in [-0.2, -0.15) is 0 Å². The molecule has 1 aliphatic rings. The van der Waals surface area contributed by atoms with Gasteiger partial charge in [0.05, 0.1) is 0 Å². The highest BCUT2D eigenvalue weighted by molar-refractivity contribution is 9.10. The first-order valence-electron chi connectivity index (χ1n) is 9.28. The van der Waals surface area contributed by atoms with Crippen LogP contribution in [0.5, 0.6) is 0 Å². The Kier molecular flexibility index (Phi) is 5.67. The molecular weight excluding hydrogens is 426 g/mol. The summed E-state index contributed by atoms with van der Waals surface area (Å²) < 4.78 is 6.44. The largest absolute Gasteiger partial charge is 0.381 e. The van der Waals surface area contributed by atoms with Crippen molar-refractivity contribution in [2.75, 3.05) is 13.2 Å². The van der Waals surface area contributed by atoms with Gasteiger partial charge < -0.3 is 9.72 Å². The molecule has 1 aromatic heterocycles. The van der Waals surface area contributed by atoms with Crippen LogP contribution in [0.1, 0.15) is 34.5 Å². The molecular formula is C22H21BrClNO2. The molecule has 2 heterocycles. The molecule has 0 spiro atoms. The van der Waals surface area contributed by atoms with E-state index in [2.05, 4.69) is 20.9 Å². The monoisotopic (exact) mass is 445 g/mol. The number of carbonyl (C=O) groups excluding carboxylic acids is 1. The zero-order valence-electron chi connectivity index (χ0n) is 14.9. The molecule has 0 radical (unpaired) electrons. The molecule has 140 valence electrons. The highest BCUT2D eigenvalue weighted by Crippen LogP contribution is 2.31. The van der Waals surface area contributed by atoms with E-state index in [9.17, 15) is 4.79 Å². The van der Waals surface area contributed by atoms with Crippen LogP contribution < -0.4 is 0 Å². The fourth-order valence-corrected chi connectivity index (χ4v) is 4.27. The molecule has 27 heavy (non-hydrogen) atoms. The van der Waals surface area contributed by atoms with Crippen LogP contribution in [-0.4, -0.2) is 24.0 Å². The van der Waals surface area contributed by atoms with Crippen LogP contribution in [0.15, 0.2) is 46.9 Å². The van der Waals surface area contributed by atoms with Gasteiger partial charge in [0.25, 0.3) is 0 Å². The van der Waals surface area contributed by atoms with E-state index in [4.69, 9.17) is 16.3 Å². The Bertz CT molecular complexity index is 958. The molecule has 3 nitrogen and oxygen atoms in total. The van der Waals surface area contributed by atoms with Gasteiger partial charge in [0.1, 0.15) is 0 Å². The zero-order valence-corrected chi connectivity index (χ0v) is 17.3. The van der Waals surface area contributed by atoms with Gasteiger partial charge in [-0.1, -0.05) is 45.7 Å². The number of hydrogen-bond acceptors (Lipinski definition) is 2. The van der Waals surface area contributed by atoms with Crippen molar-refractivity contribution in [2.24, 2.45) is 5.92 Å². The van der Waals surface area contributed by atoms with E-state index < -0.39 is 0 Å². The minimum atomic E-state index is 0.0516. The van der Waals surface area contributed by atoms with E-state index in [1.807, 2.05) is 42.5 Å². The summed E-state index contributed by atoms with van der Waals surface area (Å²) in [6, 6.07) is 14.0. The summed E-state index contributed by atoms with van der Waals surface area (Å²) in [5, 5.41) is 1.75. The van der Waals surface area contributed by atoms with Crippen LogP contribution >= 0.6 is 27.5 Å². The van der Waals surface area contributed by atoms with Crippen molar-refractivity contribution >= 4 is 44.2 Å². The normalized spacial score (nSPS) is 15.3. The Morgan fingerprint density at radius 2 is 1.85 bits per heavy atom. The number of carbonyl (C=O) groups is 1. The third-order valence-corrected chi connectivity index (χ3v) is 6.00. The Balaban J connectivity index is 1.67. The van der Waals surface area contributed by atoms with Crippen molar-refractivity contribution in [3.63, 3.8) is 0 Å². The van der Waals surface area contributed by atoms with Gasteiger partial charge in [-0.05, 0) is 55.5 Å². The molecule has 3 aromatic rings. The number of benzene rings is 2. The highest BCUT2D eigenvalue weighted by atomic mass is 79.9. The van der Waals surface area contributed by atoms with Crippen molar-refractivity contribution in [3.8, 4) is 0 Å². The van der Waals surface area contributed by atoms with Gasteiger partial charge in [-0.25, -0.2) is 0 Å². The summed E-state index contributed by atoms with van der Waals surface area (Å²) in [4.78, 5) is 16.8. The third-order valence-electron chi connectivity index (χ3n) is 5.25. The second-order valence-electron chi connectivity index (χ2n) is 7.05. The first-order chi connectivity index (χ1) is 13.1. The van der Waals surface area contributed by atoms with E-state index >= 15 is 0 Å². The van der Waals surface area contributed by atoms with Crippen molar-refractivity contribution in [1.82, 2.24) is 4.98 Å². The van der Waals surface area contributed by atoms with Gasteiger partial charge in [-0.3, -0.25) is 4.79 Å². The molecule has 0 amide bonds. The molecule has 1 aliphatic heterocycles. The molecule has 0 aliphatic carbocycles. The lowest BCUT2D eigenvalue weighted by molar-refractivity contribution is 0.0545. The lowest BCUT2D eigenvalue weighted by Gasteiger charge is -2.21. The number of H-pyrrole nitrogens is 1. The summed E-state index contributed by atoms with van der Waals surface area (Å²) >= 11 is 9.51. The van der Waals surface area contributed by atoms with Gasteiger partial charge in [0.15, 0.2) is 5.78 Å². The van der Waals surface area contributed by atoms with Crippen molar-refractivity contribution in [2.45, 2.75) is 25.7 Å². The quantitative estimate of drug-likeness (QED) is 0.490. The van der Waals surface area contributed by atoms with Crippen molar-refractivity contribution < 1.29 is 9.53 Å². The highest BCUT2D eigenvalue weighted by Gasteiger charge is 2.27. The summed E-state index contributed by atoms with van der Waals surface area (Å²) in [7, 11) is 0. The number of ether oxygens (including phenoxy) is 1. The molecule has 0 atom stereocenters. The summed E-state index contributed by atoms with van der Waals surface area (Å²) in [5.74, 6) is 0.300. The molecule has 5 heteroatoms. The second kappa shape index (κ2) is 8.17. The molecule has 0 unspecified atom stereocenters. The number of halogens is 2. The Morgan fingerprint density at radius 3 is 2.59 bits per heavy atom.